The van der Waals surface area contributed by atoms with Crippen LogP contribution in [0.2, 0.25) is 0 Å². The van der Waals surface area contributed by atoms with Crippen LogP contribution in [0.5, 0.6) is 0 Å². The fourth-order valence-corrected chi connectivity index (χ4v) is 3.19. The lowest BCUT2D eigenvalue weighted by Gasteiger charge is -2.43. The molecule has 1 aliphatic carbocycles. The molecule has 1 fully saturated rings. The van der Waals surface area contributed by atoms with Gasteiger partial charge in [-0.15, -0.1) is 0 Å². The van der Waals surface area contributed by atoms with Crippen LogP contribution >= 0.6 is 0 Å². The van der Waals surface area contributed by atoms with Gasteiger partial charge in [0.2, 0.25) is 0 Å². The summed E-state index contributed by atoms with van der Waals surface area (Å²) in [6.45, 7) is 13.4. The van der Waals surface area contributed by atoms with E-state index in [4.69, 9.17) is 4.74 Å². The summed E-state index contributed by atoms with van der Waals surface area (Å²) in [5.74, 6) is 1.41. The Labute approximate surface area is 119 Å². The standard InChI is InChI=1S/C17H34O2/c1-14(2)12-19-11-10-17(13-18)8-6-15(7-9-17)16(3,4)5/h14-15,18H,6-13H2,1-5H3. The van der Waals surface area contributed by atoms with Gasteiger partial charge in [0.05, 0.1) is 0 Å². The molecule has 1 saturated carbocycles. The van der Waals surface area contributed by atoms with E-state index in [1.807, 2.05) is 0 Å². The third-order valence-electron chi connectivity index (χ3n) is 4.83. The SMILES string of the molecule is CC(C)COCCC1(CO)CCC(C(C)(C)C)CC1. The highest BCUT2D eigenvalue weighted by molar-refractivity contribution is 4.88. The monoisotopic (exact) mass is 270 g/mol. The zero-order valence-electron chi connectivity index (χ0n) is 13.7. The van der Waals surface area contributed by atoms with Gasteiger partial charge < -0.3 is 9.84 Å². The minimum absolute atomic E-state index is 0.138. The highest BCUT2D eigenvalue weighted by Gasteiger charge is 2.38. The van der Waals surface area contributed by atoms with Crippen molar-refractivity contribution in [3.63, 3.8) is 0 Å². The molecule has 0 bridgehead atoms. The van der Waals surface area contributed by atoms with Gasteiger partial charge in [0.25, 0.3) is 0 Å². The molecule has 1 N–H and O–H groups in total. The zero-order chi connectivity index (χ0) is 14.5. The third kappa shape index (κ3) is 5.43. The van der Waals surface area contributed by atoms with Crippen LogP contribution in [0.15, 0.2) is 0 Å². The molecule has 114 valence electrons. The second kappa shape index (κ2) is 7.08. The van der Waals surface area contributed by atoms with E-state index in [0.717, 1.165) is 38.4 Å². The van der Waals surface area contributed by atoms with E-state index in [2.05, 4.69) is 34.6 Å². The van der Waals surface area contributed by atoms with Crippen LogP contribution in [0.4, 0.5) is 0 Å². The summed E-state index contributed by atoms with van der Waals surface area (Å²) >= 11 is 0. The normalized spacial score (nSPS) is 28.9. The van der Waals surface area contributed by atoms with Crippen molar-refractivity contribution in [2.75, 3.05) is 19.8 Å². The summed E-state index contributed by atoms with van der Waals surface area (Å²) in [5, 5.41) is 9.78. The molecule has 0 radical (unpaired) electrons. The molecule has 2 heteroatoms. The molecule has 0 heterocycles. The first-order valence-corrected chi connectivity index (χ1v) is 7.98. The van der Waals surface area contributed by atoms with Gasteiger partial charge in [0.1, 0.15) is 0 Å². The summed E-state index contributed by atoms with van der Waals surface area (Å²) < 4.78 is 5.71. The first-order chi connectivity index (χ1) is 8.79. The van der Waals surface area contributed by atoms with Crippen molar-refractivity contribution in [3.8, 4) is 0 Å². The lowest BCUT2D eigenvalue weighted by Crippen LogP contribution is -2.36. The molecule has 0 aromatic rings. The number of aliphatic hydroxyl groups excluding tert-OH is 1. The molecule has 0 unspecified atom stereocenters. The molecular weight excluding hydrogens is 236 g/mol. The Kier molecular flexibility index (Phi) is 6.32. The molecule has 0 amide bonds. The number of rotatable bonds is 6. The van der Waals surface area contributed by atoms with Gasteiger partial charge in [0, 0.05) is 19.8 Å². The molecule has 0 aliphatic heterocycles. The number of aliphatic hydroxyl groups is 1. The Morgan fingerprint density at radius 3 is 2.21 bits per heavy atom. The number of hydrogen-bond donors (Lipinski definition) is 1. The summed E-state index contributed by atoms with van der Waals surface area (Å²) in [7, 11) is 0. The maximum atomic E-state index is 9.78. The van der Waals surface area contributed by atoms with E-state index in [9.17, 15) is 5.11 Å². The molecule has 0 aromatic heterocycles. The maximum Gasteiger partial charge on any atom is 0.0488 e. The first kappa shape index (κ1) is 17.0. The molecular formula is C17H34O2. The van der Waals surface area contributed by atoms with E-state index >= 15 is 0 Å². The Morgan fingerprint density at radius 2 is 1.79 bits per heavy atom. The van der Waals surface area contributed by atoms with E-state index in [1.165, 1.54) is 12.8 Å². The minimum Gasteiger partial charge on any atom is -0.396 e. The third-order valence-corrected chi connectivity index (χ3v) is 4.83. The van der Waals surface area contributed by atoms with Crippen molar-refractivity contribution >= 4 is 0 Å². The van der Waals surface area contributed by atoms with E-state index in [0.29, 0.717) is 17.9 Å². The summed E-state index contributed by atoms with van der Waals surface area (Å²) in [6.07, 6.45) is 5.86. The Morgan fingerprint density at radius 1 is 1.21 bits per heavy atom. The zero-order valence-corrected chi connectivity index (χ0v) is 13.7. The van der Waals surface area contributed by atoms with Crippen molar-refractivity contribution in [1.29, 1.82) is 0 Å². The lowest BCUT2D eigenvalue weighted by molar-refractivity contribution is 0.00136. The molecule has 19 heavy (non-hydrogen) atoms. The van der Waals surface area contributed by atoms with Gasteiger partial charge in [-0.1, -0.05) is 34.6 Å². The van der Waals surface area contributed by atoms with E-state index in [1.54, 1.807) is 0 Å². The van der Waals surface area contributed by atoms with Gasteiger partial charge in [-0.05, 0) is 54.8 Å². The van der Waals surface area contributed by atoms with Gasteiger partial charge in [-0.2, -0.15) is 0 Å². The van der Waals surface area contributed by atoms with Crippen LogP contribution in [0.1, 0.15) is 66.7 Å². The maximum absolute atomic E-state index is 9.78. The molecule has 0 saturated heterocycles. The average Bonchev–Trinajstić information content (AvgIpc) is 2.34. The molecule has 0 atom stereocenters. The van der Waals surface area contributed by atoms with Crippen LogP contribution in [0.3, 0.4) is 0 Å². The van der Waals surface area contributed by atoms with Crippen LogP contribution in [0.25, 0.3) is 0 Å². The van der Waals surface area contributed by atoms with Gasteiger partial charge in [0.15, 0.2) is 0 Å². The Bertz CT molecular complexity index is 244. The highest BCUT2D eigenvalue weighted by atomic mass is 16.5. The second-order valence-corrected chi connectivity index (χ2v) is 8.02. The Hall–Kier alpha value is -0.0800. The lowest BCUT2D eigenvalue weighted by atomic mass is 9.63. The Balaban J connectivity index is 2.38. The van der Waals surface area contributed by atoms with Gasteiger partial charge >= 0.3 is 0 Å². The first-order valence-electron chi connectivity index (χ1n) is 7.98. The molecule has 1 rings (SSSR count). The smallest absolute Gasteiger partial charge is 0.0488 e. The summed E-state index contributed by atoms with van der Waals surface area (Å²) in [6, 6.07) is 0. The number of hydrogen-bond acceptors (Lipinski definition) is 2. The topological polar surface area (TPSA) is 29.5 Å². The highest BCUT2D eigenvalue weighted by Crippen LogP contribution is 2.46. The fourth-order valence-electron chi connectivity index (χ4n) is 3.19. The molecule has 1 aliphatic rings. The van der Waals surface area contributed by atoms with Gasteiger partial charge in [-0.3, -0.25) is 0 Å². The number of ether oxygens (including phenoxy) is 1. The van der Waals surface area contributed by atoms with Crippen molar-refractivity contribution in [2.45, 2.75) is 66.7 Å². The predicted molar refractivity (Wildman–Crippen MR) is 81.2 cm³/mol. The van der Waals surface area contributed by atoms with Crippen molar-refractivity contribution in [2.24, 2.45) is 22.7 Å². The second-order valence-electron chi connectivity index (χ2n) is 8.02. The molecule has 0 aromatic carbocycles. The van der Waals surface area contributed by atoms with Crippen molar-refractivity contribution < 1.29 is 9.84 Å². The predicted octanol–water partition coefficient (Wildman–Crippen LogP) is 4.26. The van der Waals surface area contributed by atoms with Crippen molar-refractivity contribution in [1.82, 2.24) is 0 Å². The summed E-state index contributed by atoms with van der Waals surface area (Å²) in [4.78, 5) is 0. The van der Waals surface area contributed by atoms with Crippen LogP contribution in [-0.2, 0) is 4.74 Å². The van der Waals surface area contributed by atoms with Crippen LogP contribution in [0, 0.1) is 22.7 Å². The summed E-state index contributed by atoms with van der Waals surface area (Å²) in [5.41, 5.74) is 0.550. The molecule has 0 spiro atoms. The van der Waals surface area contributed by atoms with Crippen LogP contribution in [-0.4, -0.2) is 24.9 Å². The molecule has 2 nitrogen and oxygen atoms in total. The largest absolute Gasteiger partial charge is 0.396 e. The van der Waals surface area contributed by atoms with E-state index < -0.39 is 0 Å². The minimum atomic E-state index is 0.138. The quantitative estimate of drug-likeness (QED) is 0.731. The average molecular weight is 270 g/mol. The van der Waals surface area contributed by atoms with E-state index in [-0.39, 0.29) is 5.41 Å². The fraction of sp³-hybridized carbons (Fsp3) is 1.00. The van der Waals surface area contributed by atoms with Crippen LogP contribution < -0.4 is 0 Å². The van der Waals surface area contributed by atoms with Gasteiger partial charge in [-0.25, -0.2) is 0 Å². The van der Waals surface area contributed by atoms with Crippen molar-refractivity contribution in [3.05, 3.63) is 0 Å².